The number of hydrogen-bond acceptors (Lipinski definition) is 3. The van der Waals surface area contributed by atoms with Gasteiger partial charge in [-0.15, -0.1) is 0 Å². The number of benzene rings is 2. The summed E-state index contributed by atoms with van der Waals surface area (Å²) in [6, 6.07) is 14.1. The maximum Gasteiger partial charge on any atom is 0.272 e. The molecule has 1 heterocycles. The van der Waals surface area contributed by atoms with Gasteiger partial charge in [0.2, 0.25) is 0 Å². The third-order valence-corrected chi connectivity index (χ3v) is 3.96. The second kappa shape index (κ2) is 7.46. The van der Waals surface area contributed by atoms with Crippen LogP contribution in [0.15, 0.2) is 54.6 Å². The first-order valence-electron chi connectivity index (χ1n) is 7.63. The molecule has 0 aliphatic rings. The van der Waals surface area contributed by atoms with Crippen LogP contribution in [-0.4, -0.2) is 16.1 Å². The highest BCUT2D eigenvalue weighted by Gasteiger charge is 2.20. The van der Waals surface area contributed by atoms with Crippen molar-refractivity contribution in [2.45, 2.75) is 12.6 Å². The smallest absolute Gasteiger partial charge is 0.272 e. The number of halogens is 2. The largest absolute Gasteiger partial charge is 0.340 e. The summed E-state index contributed by atoms with van der Waals surface area (Å²) in [5.41, 5.74) is 7.72. The molecule has 0 aliphatic heterocycles. The third kappa shape index (κ3) is 4.04. The quantitative estimate of drug-likeness (QED) is 0.655. The molecule has 0 radical (unpaired) electrons. The Balaban J connectivity index is 1.95. The van der Waals surface area contributed by atoms with Crippen LogP contribution >= 0.6 is 11.6 Å². The van der Waals surface area contributed by atoms with Crippen molar-refractivity contribution in [1.29, 1.82) is 0 Å². The van der Waals surface area contributed by atoms with E-state index >= 15 is 0 Å². The van der Waals surface area contributed by atoms with Crippen LogP contribution < -0.4 is 11.1 Å². The molecule has 3 aromatic rings. The summed E-state index contributed by atoms with van der Waals surface area (Å²) in [6.07, 6.45) is 0. The minimum absolute atomic E-state index is 0.212. The van der Waals surface area contributed by atoms with Gasteiger partial charge in [-0.3, -0.25) is 9.89 Å². The van der Waals surface area contributed by atoms with Crippen molar-refractivity contribution >= 4 is 17.5 Å². The first-order chi connectivity index (χ1) is 12.1. The number of nitrogens with zero attached hydrogens (tertiary/aromatic N) is 1. The first kappa shape index (κ1) is 17.1. The van der Waals surface area contributed by atoms with Gasteiger partial charge in [-0.1, -0.05) is 35.9 Å². The molecule has 3 rings (SSSR count). The van der Waals surface area contributed by atoms with Crippen molar-refractivity contribution in [3.63, 3.8) is 0 Å². The molecule has 5 nitrogen and oxygen atoms in total. The number of carbonyl (C=O) groups is 1. The lowest BCUT2D eigenvalue weighted by molar-refractivity contribution is 0.0938. The second-order valence-corrected chi connectivity index (χ2v) is 5.94. The van der Waals surface area contributed by atoms with Gasteiger partial charge >= 0.3 is 0 Å². The van der Waals surface area contributed by atoms with E-state index in [9.17, 15) is 9.18 Å². The Morgan fingerprint density at radius 2 is 1.92 bits per heavy atom. The third-order valence-electron chi connectivity index (χ3n) is 3.72. The van der Waals surface area contributed by atoms with E-state index in [2.05, 4.69) is 15.5 Å². The molecule has 0 saturated carbocycles. The fourth-order valence-corrected chi connectivity index (χ4v) is 2.72. The Kier molecular flexibility index (Phi) is 5.11. The maximum atomic E-state index is 13.7. The van der Waals surface area contributed by atoms with E-state index in [0.29, 0.717) is 16.3 Å². The monoisotopic (exact) mass is 358 g/mol. The molecular weight excluding hydrogens is 343 g/mol. The number of H-pyrrole nitrogens is 1. The molecule has 2 aromatic carbocycles. The average molecular weight is 359 g/mol. The Morgan fingerprint density at radius 3 is 2.56 bits per heavy atom. The molecule has 25 heavy (non-hydrogen) atoms. The van der Waals surface area contributed by atoms with Crippen molar-refractivity contribution in [2.75, 3.05) is 0 Å². The number of rotatable bonds is 5. The van der Waals surface area contributed by atoms with E-state index in [1.807, 2.05) is 6.07 Å². The fraction of sp³-hybridized carbons (Fsp3) is 0.111. The van der Waals surface area contributed by atoms with E-state index < -0.39 is 11.9 Å². The van der Waals surface area contributed by atoms with Crippen molar-refractivity contribution in [2.24, 2.45) is 5.73 Å². The number of nitrogens with two attached hydrogens (primary N) is 1. The van der Waals surface area contributed by atoms with E-state index in [1.54, 1.807) is 36.4 Å². The molecule has 128 valence electrons. The summed E-state index contributed by atoms with van der Waals surface area (Å²) in [6.45, 7) is 0.252. The Bertz CT molecular complexity index is 851. The number of amides is 1. The van der Waals surface area contributed by atoms with Gasteiger partial charge in [0.15, 0.2) is 0 Å². The summed E-state index contributed by atoms with van der Waals surface area (Å²) < 4.78 is 13.7. The Morgan fingerprint density at radius 1 is 1.20 bits per heavy atom. The van der Waals surface area contributed by atoms with Crippen LogP contribution in [0.25, 0.3) is 0 Å². The molecule has 1 atom stereocenters. The van der Waals surface area contributed by atoms with Crippen LogP contribution in [0.1, 0.15) is 33.4 Å². The molecule has 1 aromatic heterocycles. The summed E-state index contributed by atoms with van der Waals surface area (Å²) >= 11 is 6.07. The SMILES string of the molecule is NCc1cc(C(=O)NC(c2cccc(F)c2)c2cccc(Cl)c2)n[nH]1. The van der Waals surface area contributed by atoms with Gasteiger partial charge in [-0.05, 0) is 41.5 Å². The van der Waals surface area contributed by atoms with Crippen molar-refractivity contribution < 1.29 is 9.18 Å². The molecule has 1 unspecified atom stereocenters. The van der Waals surface area contributed by atoms with Crippen LogP contribution in [0.4, 0.5) is 4.39 Å². The van der Waals surface area contributed by atoms with Gasteiger partial charge in [-0.25, -0.2) is 4.39 Å². The first-order valence-corrected chi connectivity index (χ1v) is 8.01. The lowest BCUT2D eigenvalue weighted by Crippen LogP contribution is -2.29. The standard InChI is InChI=1S/C18H16ClFN4O/c19-13-5-1-3-11(7-13)17(12-4-2-6-14(20)8-12)22-18(25)16-9-15(10-21)23-24-16/h1-9,17H,10,21H2,(H,22,25)(H,23,24). The van der Waals surface area contributed by atoms with Crippen molar-refractivity contribution in [3.05, 3.63) is 88.0 Å². The lowest BCUT2D eigenvalue weighted by Gasteiger charge is -2.19. The number of hydrogen-bond donors (Lipinski definition) is 3. The highest BCUT2D eigenvalue weighted by molar-refractivity contribution is 6.30. The van der Waals surface area contributed by atoms with Crippen molar-refractivity contribution in [3.8, 4) is 0 Å². The number of aromatic nitrogens is 2. The topological polar surface area (TPSA) is 83.8 Å². The molecular formula is C18H16ClFN4O. The van der Waals surface area contributed by atoms with Crippen LogP contribution in [-0.2, 0) is 6.54 Å². The zero-order valence-corrected chi connectivity index (χ0v) is 13.9. The van der Waals surface area contributed by atoms with Crippen LogP contribution in [0, 0.1) is 5.82 Å². The molecule has 0 aliphatic carbocycles. The lowest BCUT2D eigenvalue weighted by atomic mass is 9.98. The Labute approximate surface area is 149 Å². The Hall–Kier alpha value is -2.70. The van der Waals surface area contributed by atoms with E-state index in [-0.39, 0.29) is 18.1 Å². The molecule has 0 fully saturated rings. The summed E-state index contributed by atoms with van der Waals surface area (Å²) in [5.74, 6) is -0.783. The molecule has 0 saturated heterocycles. The summed E-state index contributed by atoms with van der Waals surface area (Å²) in [7, 11) is 0. The van der Waals surface area contributed by atoms with Crippen LogP contribution in [0.2, 0.25) is 5.02 Å². The number of nitrogens with one attached hydrogen (secondary N) is 2. The van der Waals surface area contributed by atoms with Gasteiger partial charge in [0.25, 0.3) is 5.91 Å². The fourth-order valence-electron chi connectivity index (χ4n) is 2.52. The normalized spacial score (nSPS) is 12.0. The molecule has 0 bridgehead atoms. The molecule has 1 amide bonds. The summed E-state index contributed by atoms with van der Waals surface area (Å²) in [4.78, 5) is 12.5. The highest BCUT2D eigenvalue weighted by atomic mass is 35.5. The maximum absolute atomic E-state index is 13.7. The zero-order valence-electron chi connectivity index (χ0n) is 13.2. The molecule has 7 heteroatoms. The predicted molar refractivity (Wildman–Crippen MR) is 93.6 cm³/mol. The van der Waals surface area contributed by atoms with Crippen LogP contribution in [0.5, 0.6) is 0 Å². The van der Waals surface area contributed by atoms with E-state index in [1.165, 1.54) is 12.1 Å². The van der Waals surface area contributed by atoms with E-state index in [4.69, 9.17) is 17.3 Å². The van der Waals surface area contributed by atoms with Crippen molar-refractivity contribution in [1.82, 2.24) is 15.5 Å². The number of carbonyl (C=O) groups excluding carboxylic acids is 1. The van der Waals surface area contributed by atoms with Crippen LogP contribution in [0.3, 0.4) is 0 Å². The highest BCUT2D eigenvalue weighted by Crippen LogP contribution is 2.25. The average Bonchev–Trinajstić information content (AvgIpc) is 3.09. The molecule has 0 spiro atoms. The van der Waals surface area contributed by atoms with Gasteiger partial charge in [-0.2, -0.15) is 5.10 Å². The van der Waals surface area contributed by atoms with E-state index in [0.717, 1.165) is 5.56 Å². The minimum Gasteiger partial charge on any atom is -0.340 e. The van der Waals surface area contributed by atoms with Gasteiger partial charge in [0.05, 0.1) is 6.04 Å². The minimum atomic E-state index is -0.570. The van der Waals surface area contributed by atoms with Gasteiger partial charge in [0, 0.05) is 17.3 Å². The van der Waals surface area contributed by atoms with Gasteiger partial charge in [0.1, 0.15) is 11.5 Å². The second-order valence-electron chi connectivity index (χ2n) is 5.50. The number of aromatic amines is 1. The predicted octanol–water partition coefficient (Wildman–Crippen LogP) is 3.18. The summed E-state index contributed by atoms with van der Waals surface area (Å²) in [5, 5.41) is 10.0. The molecule has 4 N–H and O–H groups in total. The van der Waals surface area contributed by atoms with Gasteiger partial charge < -0.3 is 11.1 Å². The zero-order chi connectivity index (χ0) is 17.8.